The van der Waals surface area contributed by atoms with E-state index in [2.05, 4.69) is 9.47 Å². The molecular weight excluding hydrogens is 266 g/mol. The van der Waals surface area contributed by atoms with E-state index < -0.39 is 30.6 Å². The number of hydrogen-bond donors (Lipinski definition) is 1. The quantitative estimate of drug-likeness (QED) is 0.811. The molecule has 20 heavy (non-hydrogen) atoms. The maximum Gasteiger partial charge on any atom is 0.411 e. The minimum Gasteiger partial charge on any atom is -0.480 e. The Labute approximate surface area is 115 Å². The van der Waals surface area contributed by atoms with Crippen LogP contribution in [0.2, 0.25) is 0 Å². The summed E-state index contributed by atoms with van der Waals surface area (Å²) < 4.78 is 9.17. The van der Waals surface area contributed by atoms with Crippen LogP contribution in [-0.2, 0) is 19.1 Å². The van der Waals surface area contributed by atoms with Crippen LogP contribution in [0.4, 0.5) is 4.79 Å². The number of methoxy groups -OCH3 is 2. The molecule has 0 heterocycles. The lowest BCUT2D eigenvalue weighted by Gasteiger charge is -2.27. The summed E-state index contributed by atoms with van der Waals surface area (Å²) in [5, 5.41) is 8.88. The van der Waals surface area contributed by atoms with E-state index in [9.17, 15) is 14.4 Å². The Hall–Kier alpha value is -2.57. The van der Waals surface area contributed by atoms with Crippen LogP contribution in [0.25, 0.3) is 0 Å². The topological polar surface area (TPSA) is 93.1 Å². The molecular formula is C13H15NO6. The number of ether oxygens (including phenoxy) is 2. The molecule has 7 nitrogen and oxygen atoms in total. The fourth-order valence-corrected chi connectivity index (χ4v) is 1.71. The number of hydrogen-bond acceptors (Lipinski definition) is 5. The Balaban J connectivity index is 3.21. The second kappa shape index (κ2) is 7.13. The molecule has 0 aliphatic rings. The van der Waals surface area contributed by atoms with Crippen molar-refractivity contribution in [3.8, 4) is 0 Å². The van der Waals surface area contributed by atoms with Crippen LogP contribution in [0.3, 0.4) is 0 Å². The molecule has 0 radical (unpaired) electrons. The molecule has 0 fully saturated rings. The van der Waals surface area contributed by atoms with Gasteiger partial charge < -0.3 is 14.6 Å². The monoisotopic (exact) mass is 281 g/mol. The summed E-state index contributed by atoms with van der Waals surface area (Å²) in [6.45, 7) is -0.679. The highest BCUT2D eigenvalue weighted by Gasteiger charge is 2.34. The van der Waals surface area contributed by atoms with Crippen LogP contribution in [0.15, 0.2) is 30.3 Å². The number of nitrogens with zero attached hydrogens (tertiary/aromatic N) is 1. The molecule has 1 amide bonds. The van der Waals surface area contributed by atoms with Crippen LogP contribution < -0.4 is 0 Å². The van der Waals surface area contributed by atoms with Crippen molar-refractivity contribution < 1.29 is 29.0 Å². The molecule has 0 aromatic heterocycles. The first-order valence-electron chi connectivity index (χ1n) is 5.70. The number of esters is 1. The van der Waals surface area contributed by atoms with Crippen LogP contribution in [0.5, 0.6) is 0 Å². The molecule has 1 atom stereocenters. The molecule has 108 valence electrons. The van der Waals surface area contributed by atoms with Crippen molar-refractivity contribution in [1.29, 1.82) is 0 Å². The summed E-state index contributed by atoms with van der Waals surface area (Å²) in [5.74, 6) is -2.01. The average Bonchev–Trinajstić information content (AvgIpc) is 2.46. The first-order chi connectivity index (χ1) is 9.51. The summed E-state index contributed by atoms with van der Waals surface area (Å²) >= 11 is 0. The average molecular weight is 281 g/mol. The highest BCUT2D eigenvalue weighted by atomic mass is 16.5. The predicted molar refractivity (Wildman–Crippen MR) is 67.9 cm³/mol. The summed E-state index contributed by atoms with van der Waals surface area (Å²) in [6, 6.07) is 7.09. The molecule has 1 N–H and O–H groups in total. The third-order valence-electron chi connectivity index (χ3n) is 2.57. The van der Waals surface area contributed by atoms with Crippen molar-refractivity contribution in [1.82, 2.24) is 4.90 Å². The van der Waals surface area contributed by atoms with Crippen LogP contribution >= 0.6 is 0 Å². The molecule has 0 aliphatic heterocycles. The van der Waals surface area contributed by atoms with Gasteiger partial charge >= 0.3 is 18.0 Å². The van der Waals surface area contributed by atoms with Gasteiger partial charge in [0.15, 0.2) is 6.04 Å². The predicted octanol–water partition coefficient (Wildman–Crippen LogP) is 1.05. The van der Waals surface area contributed by atoms with Gasteiger partial charge in [-0.25, -0.2) is 9.59 Å². The minimum atomic E-state index is -1.26. The Morgan fingerprint density at radius 3 is 2.20 bits per heavy atom. The second-order valence-corrected chi connectivity index (χ2v) is 3.83. The van der Waals surface area contributed by atoms with E-state index in [4.69, 9.17) is 5.11 Å². The van der Waals surface area contributed by atoms with Crippen molar-refractivity contribution >= 4 is 18.0 Å². The SMILES string of the molecule is COC(=O)C(c1ccccc1)N(CC(=O)O)C(=O)OC. The standard InChI is InChI=1S/C13H15NO6/c1-19-12(17)11(9-6-4-3-5-7-9)14(8-10(15)16)13(18)20-2/h3-7,11H,8H2,1-2H3,(H,15,16). The number of carboxylic acids is 1. The van der Waals surface area contributed by atoms with E-state index in [0.717, 1.165) is 19.1 Å². The zero-order valence-corrected chi connectivity index (χ0v) is 11.1. The summed E-state index contributed by atoms with van der Waals surface area (Å²) in [5.41, 5.74) is 0.436. The zero-order valence-electron chi connectivity index (χ0n) is 11.1. The number of rotatable bonds is 5. The Bertz CT molecular complexity index is 487. The van der Waals surface area contributed by atoms with Crippen LogP contribution in [0.1, 0.15) is 11.6 Å². The minimum absolute atomic E-state index is 0.436. The lowest BCUT2D eigenvalue weighted by Crippen LogP contribution is -2.42. The maximum atomic E-state index is 11.9. The van der Waals surface area contributed by atoms with Gasteiger partial charge in [0.25, 0.3) is 0 Å². The number of benzene rings is 1. The van der Waals surface area contributed by atoms with Gasteiger partial charge in [0.2, 0.25) is 0 Å². The molecule has 0 bridgehead atoms. The number of carbonyl (C=O) groups excluding carboxylic acids is 2. The molecule has 1 unspecified atom stereocenters. The molecule has 0 saturated heterocycles. The van der Waals surface area contributed by atoms with Gasteiger partial charge in [-0.3, -0.25) is 9.69 Å². The van der Waals surface area contributed by atoms with Crippen molar-refractivity contribution in [3.05, 3.63) is 35.9 Å². The third kappa shape index (κ3) is 3.71. The van der Waals surface area contributed by atoms with Crippen molar-refractivity contribution in [2.45, 2.75) is 6.04 Å². The Kier molecular flexibility index (Phi) is 5.52. The van der Waals surface area contributed by atoms with Gasteiger partial charge in [-0.15, -0.1) is 0 Å². The van der Waals surface area contributed by atoms with E-state index in [1.165, 1.54) is 0 Å². The highest BCUT2D eigenvalue weighted by Crippen LogP contribution is 2.22. The van der Waals surface area contributed by atoms with E-state index >= 15 is 0 Å². The zero-order chi connectivity index (χ0) is 15.1. The van der Waals surface area contributed by atoms with Gasteiger partial charge in [0.1, 0.15) is 6.54 Å². The lowest BCUT2D eigenvalue weighted by molar-refractivity contribution is -0.148. The fraction of sp³-hybridized carbons (Fsp3) is 0.308. The number of carbonyl (C=O) groups is 3. The van der Waals surface area contributed by atoms with E-state index in [1.54, 1.807) is 30.3 Å². The van der Waals surface area contributed by atoms with Gasteiger partial charge in [0, 0.05) is 0 Å². The molecule has 7 heteroatoms. The number of aliphatic carboxylic acids is 1. The molecule has 0 saturated carbocycles. The number of carboxylic acid groups (broad SMARTS) is 1. The van der Waals surface area contributed by atoms with Gasteiger partial charge in [-0.2, -0.15) is 0 Å². The van der Waals surface area contributed by atoms with Crippen molar-refractivity contribution in [2.24, 2.45) is 0 Å². The summed E-state index contributed by atoms with van der Waals surface area (Å²) in [7, 11) is 2.27. The molecule has 1 aromatic rings. The van der Waals surface area contributed by atoms with Gasteiger partial charge in [0.05, 0.1) is 14.2 Å². The first kappa shape index (κ1) is 15.5. The van der Waals surface area contributed by atoms with Crippen molar-refractivity contribution in [2.75, 3.05) is 20.8 Å². The van der Waals surface area contributed by atoms with E-state index in [-0.39, 0.29) is 0 Å². The molecule has 0 spiro atoms. The number of amides is 1. The lowest BCUT2D eigenvalue weighted by atomic mass is 10.1. The summed E-state index contributed by atoms with van der Waals surface area (Å²) in [4.78, 5) is 35.3. The smallest absolute Gasteiger partial charge is 0.411 e. The van der Waals surface area contributed by atoms with Gasteiger partial charge in [-0.05, 0) is 5.56 Å². The summed E-state index contributed by atoms with van der Waals surface area (Å²) in [6.07, 6.45) is -0.924. The fourth-order valence-electron chi connectivity index (χ4n) is 1.71. The molecule has 0 aliphatic carbocycles. The highest BCUT2D eigenvalue weighted by molar-refractivity contribution is 5.85. The van der Waals surface area contributed by atoms with Crippen LogP contribution in [-0.4, -0.2) is 48.8 Å². The van der Waals surface area contributed by atoms with E-state index in [1.807, 2.05) is 0 Å². The first-order valence-corrected chi connectivity index (χ1v) is 5.70. The van der Waals surface area contributed by atoms with Crippen molar-refractivity contribution in [3.63, 3.8) is 0 Å². The maximum absolute atomic E-state index is 11.9. The molecule has 1 rings (SSSR count). The Morgan fingerprint density at radius 2 is 1.75 bits per heavy atom. The van der Waals surface area contributed by atoms with Crippen LogP contribution in [0, 0.1) is 0 Å². The molecule has 1 aromatic carbocycles. The Morgan fingerprint density at radius 1 is 1.15 bits per heavy atom. The largest absolute Gasteiger partial charge is 0.480 e. The third-order valence-corrected chi connectivity index (χ3v) is 2.57. The second-order valence-electron chi connectivity index (χ2n) is 3.83. The van der Waals surface area contributed by atoms with E-state index in [0.29, 0.717) is 5.56 Å². The van der Waals surface area contributed by atoms with Gasteiger partial charge in [-0.1, -0.05) is 30.3 Å². The normalized spacial score (nSPS) is 11.3.